The van der Waals surface area contributed by atoms with Crippen molar-refractivity contribution in [3.63, 3.8) is 0 Å². The molecule has 128 valence electrons. The number of allylic oxidation sites excluding steroid dienone is 2. The number of ketones is 1. The average molecular weight is 436 g/mol. The molecular formula is C18H33IO2Si. The van der Waals surface area contributed by atoms with Crippen molar-refractivity contribution in [3.05, 3.63) is 11.6 Å². The van der Waals surface area contributed by atoms with Crippen LogP contribution >= 0.6 is 22.6 Å². The molecule has 0 atom stereocenters. The van der Waals surface area contributed by atoms with Gasteiger partial charge in [-0.05, 0) is 48.4 Å². The van der Waals surface area contributed by atoms with Gasteiger partial charge in [0.15, 0.2) is 5.78 Å². The van der Waals surface area contributed by atoms with Gasteiger partial charge in [-0.3, -0.25) is 4.79 Å². The van der Waals surface area contributed by atoms with Crippen LogP contribution in [-0.2, 0) is 9.22 Å². The Morgan fingerprint density at radius 1 is 1.14 bits per heavy atom. The topological polar surface area (TPSA) is 26.3 Å². The highest BCUT2D eigenvalue weighted by molar-refractivity contribution is 14.1. The molecule has 1 aliphatic rings. The van der Waals surface area contributed by atoms with E-state index in [1.807, 2.05) is 6.08 Å². The number of alkyl halides is 1. The number of hydrogen-bond donors (Lipinski definition) is 0. The smallest absolute Gasteiger partial charge is 0.200 e. The molecule has 0 radical (unpaired) electrons. The van der Waals surface area contributed by atoms with Gasteiger partial charge in [-0.2, -0.15) is 0 Å². The second kappa shape index (κ2) is 8.97. The summed E-state index contributed by atoms with van der Waals surface area (Å²) in [5, 5.41) is 0. The maximum atomic E-state index is 11.6. The van der Waals surface area contributed by atoms with Crippen molar-refractivity contribution < 1.29 is 9.22 Å². The Balaban J connectivity index is 2.75. The number of hydrogen-bond acceptors (Lipinski definition) is 2. The van der Waals surface area contributed by atoms with Gasteiger partial charge in [-0.15, -0.1) is 0 Å². The zero-order valence-electron chi connectivity index (χ0n) is 15.1. The number of carbonyl (C=O) groups is 1. The van der Waals surface area contributed by atoms with Crippen molar-refractivity contribution in [1.29, 1.82) is 0 Å². The van der Waals surface area contributed by atoms with E-state index in [1.165, 1.54) is 5.57 Å². The fourth-order valence-corrected chi connectivity index (χ4v) is 10.0. The largest absolute Gasteiger partial charge is 0.413 e. The fraction of sp³-hybridized carbons (Fsp3) is 0.833. The lowest BCUT2D eigenvalue weighted by Gasteiger charge is -2.45. The van der Waals surface area contributed by atoms with Gasteiger partial charge in [0.05, 0.1) is 4.43 Å². The molecule has 0 N–H and O–H groups in total. The van der Waals surface area contributed by atoms with Crippen LogP contribution in [0.1, 0.15) is 67.2 Å². The number of rotatable bonds is 7. The molecule has 0 saturated heterocycles. The minimum Gasteiger partial charge on any atom is -0.413 e. The van der Waals surface area contributed by atoms with Gasteiger partial charge >= 0.3 is 0 Å². The molecule has 4 heteroatoms. The van der Waals surface area contributed by atoms with Gasteiger partial charge in [0.25, 0.3) is 0 Å². The van der Waals surface area contributed by atoms with E-state index < -0.39 is 8.32 Å². The van der Waals surface area contributed by atoms with Crippen LogP contribution in [0.3, 0.4) is 0 Å². The minimum absolute atomic E-state index is 0.255. The SMILES string of the molecule is CC(C)[Si](OC1CCC(=CC(=O)CI)CC1)(C(C)C)C(C)C. The third kappa shape index (κ3) is 4.90. The van der Waals surface area contributed by atoms with Gasteiger partial charge in [0, 0.05) is 6.10 Å². The highest BCUT2D eigenvalue weighted by Gasteiger charge is 2.46. The number of halogens is 1. The van der Waals surface area contributed by atoms with Crippen LogP contribution in [0.2, 0.25) is 16.6 Å². The lowest BCUT2D eigenvalue weighted by molar-refractivity contribution is -0.112. The molecule has 0 aliphatic heterocycles. The molecule has 1 saturated carbocycles. The van der Waals surface area contributed by atoms with Crippen LogP contribution in [0.15, 0.2) is 11.6 Å². The zero-order chi connectivity index (χ0) is 16.9. The molecule has 0 aromatic rings. The quantitative estimate of drug-likeness (QED) is 0.210. The summed E-state index contributed by atoms with van der Waals surface area (Å²) in [5.41, 5.74) is 3.26. The summed E-state index contributed by atoms with van der Waals surface area (Å²) < 4.78 is 7.46. The van der Waals surface area contributed by atoms with Crippen molar-refractivity contribution in [3.8, 4) is 0 Å². The third-order valence-corrected chi connectivity index (χ3v) is 12.1. The van der Waals surface area contributed by atoms with E-state index in [2.05, 4.69) is 64.1 Å². The minimum atomic E-state index is -1.76. The predicted octanol–water partition coefficient (Wildman–Crippen LogP) is 6.05. The van der Waals surface area contributed by atoms with Gasteiger partial charge in [0.2, 0.25) is 8.32 Å². The van der Waals surface area contributed by atoms with Gasteiger partial charge in [-0.1, -0.05) is 69.7 Å². The Morgan fingerprint density at radius 2 is 1.59 bits per heavy atom. The van der Waals surface area contributed by atoms with Crippen LogP contribution < -0.4 is 0 Å². The Bertz CT molecular complexity index is 370. The normalized spacial score (nSPS) is 20.1. The van der Waals surface area contributed by atoms with E-state index in [-0.39, 0.29) is 5.78 Å². The van der Waals surface area contributed by atoms with Gasteiger partial charge < -0.3 is 4.43 Å². The number of carbonyl (C=O) groups excluding carboxylic acids is 1. The molecule has 0 heterocycles. The van der Waals surface area contributed by atoms with Crippen molar-refractivity contribution in [2.24, 2.45) is 0 Å². The molecular weight excluding hydrogens is 403 g/mol. The fourth-order valence-electron chi connectivity index (χ4n) is 4.19. The second-order valence-electron chi connectivity index (χ2n) is 7.54. The molecule has 1 rings (SSSR count). The predicted molar refractivity (Wildman–Crippen MR) is 106 cm³/mol. The van der Waals surface area contributed by atoms with E-state index in [1.54, 1.807) is 0 Å². The van der Waals surface area contributed by atoms with E-state index in [4.69, 9.17) is 4.43 Å². The first-order valence-electron chi connectivity index (χ1n) is 8.70. The third-order valence-electron chi connectivity index (χ3n) is 5.15. The second-order valence-corrected chi connectivity index (χ2v) is 13.7. The average Bonchev–Trinajstić information content (AvgIpc) is 2.45. The lowest BCUT2D eigenvalue weighted by Crippen LogP contribution is -2.50. The molecule has 0 aromatic carbocycles. The summed E-state index contributed by atoms with van der Waals surface area (Å²) in [4.78, 5) is 11.6. The van der Waals surface area contributed by atoms with Crippen LogP contribution in [0.25, 0.3) is 0 Å². The summed E-state index contributed by atoms with van der Waals surface area (Å²) in [7, 11) is -1.76. The molecule has 0 spiro atoms. The van der Waals surface area contributed by atoms with Crippen molar-refractivity contribution in [2.45, 2.75) is 90.0 Å². The first-order valence-corrected chi connectivity index (χ1v) is 12.4. The Labute approximate surface area is 151 Å². The van der Waals surface area contributed by atoms with E-state index >= 15 is 0 Å². The maximum Gasteiger partial charge on any atom is 0.200 e. The van der Waals surface area contributed by atoms with E-state index in [9.17, 15) is 4.79 Å². The zero-order valence-corrected chi connectivity index (χ0v) is 18.3. The molecule has 1 fully saturated rings. The summed E-state index contributed by atoms with van der Waals surface area (Å²) in [5.74, 6) is 0.255. The van der Waals surface area contributed by atoms with Gasteiger partial charge in [0.1, 0.15) is 0 Å². The molecule has 0 bridgehead atoms. The Morgan fingerprint density at radius 3 is 1.95 bits per heavy atom. The molecule has 0 unspecified atom stereocenters. The maximum absolute atomic E-state index is 11.6. The first-order chi connectivity index (χ1) is 10.2. The molecule has 2 nitrogen and oxygen atoms in total. The standard InChI is InChI=1S/C18H33IO2Si/c1-13(2)22(14(3)4,15(5)6)21-18-9-7-16(8-10-18)11-17(20)12-19/h11,13-15,18H,7-10,12H2,1-6H3. The van der Waals surface area contributed by atoms with Crippen LogP contribution in [0.4, 0.5) is 0 Å². The lowest BCUT2D eigenvalue weighted by atomic mass is 9.92. The van der Waals surface area contributed by atoms with Crippen molar-refractivity contribution in [2.75, 3.05) is 4.43 Å². The summed E-state index contributed by atoms with van der Waals surface area (Å²) in [6, 6.07) is 0. The molecule has 1 aliphatic carbocycles. The summed E-state index contributed by atoms with van der Waals surface area (Å²) in [6.07, 6.45) is 6.51. The molecule has 22 heavy (non-hydrogen) atoms. The van der Waals surface area contributed by atoms with E-state index in [0.717, 1.165) is 25.7 Å². The summed E-state index contributed by atoms with van der Waals surface area (Å²) in [6.45, 7) is 14.1. The molecule has 0 aromatic heterocycles. The van der Waals surface area contributed by atoms with E-state index in [0.29, 0.717) is 27.2 Å². The van der Waals surface area contributed by atoms with Crippen LogP contribution in [0, 0.1) is 0 Å². The monoisotopic (exact) mass is 436 g/mol. The van der Waals surface area contributed by atoms with Crippen molar-refractivity contribution >= 4 is 36.7 Å². The Kier molecular flexibility index (Phi) is 8.30. The molecule has 0 amide bonds. The van der Waals surface area contributed by atoms with Crippen LogP contribution in [-0.4, -0.2) is 24.6 Å². The van der Waals surface area contributed by atoms with Gasteiger partial charge in [-0.25, -0.2) is 0 Å². The Hall–Kier alpha value is 0.317. The summed E-state index contributed by atoms with van der Waals surface area (Å²) >= 11 is 2.14. The highest BCUT2D eigenvalue weighted by atomic mass is 127. The van der Waals surface area contributed by atoms with Crippen LogP contribution in [0.5, 0.6) is 0 Å². The highest BCUT2D eigenvalue weighted by Crippen LogP contribution is 2.44. The van der Waals surface area contributed by atoms with Crippen molar-refractivity contribution in [1.82, 2.24) is 0 Å². The first kappa shape index (κ1) is 20.4.